The van der Waals surface area contributed by atoms with Gasteiger partial charge >= 0.3 is 0 Å². The smallest absolute Gasteiger partial charge is 0.119 e. The van der Waals surface area contributed by atoms with E-state index in [4.69, 9.17) is 6.11 Å². The van der Waals surface area contributed by atoms with Gasteiger partial charge in [0.25, 0.3) is 0 Å². The molecule has 1 rings (SSSR count). The first-order valence-electron chi connectivity index (χ1n) is 5.99. The van der Waals surface area contributed by atoms with Gasteiger partial charge in [0.05, 0.1) is 6.10 Å². The molecule has 0 spiro atoms. The Bertz CT molecular complexity index is 260. The van der Waals surface area contributed by atoms with Gasteiger partial charge in [-0.25, -0.2) is 0 Å². The molecule has 0 saturated carbocycles. The zero-order valence-corrected chi connectivity index (χ0v) is 9.07. The fourth-order valence-electron chi connectivity index (χ4n) is 1.32. The second-order valence-corrected chi connectivity index (χ2v) is 3.40. The molecule has 2 atom stereocenters. The van der Waals surface area contributed by atoms with Crippen LogP contribution < -0.4 is 4.74 Å². The minimum atomic E-state index is -0.111. The highest BCUT2D eigenvalue weighted by Crippen LogP contribution is 2.15. The van der Waals surface area contributed by atoms with Crippen molar-refractivity contribution in [2.75, 3.05) is 0 Å². The van der Waals surface area contributed by atoms with Crippen LogP contribution in [0.1, 0.15) is 40.9 Å². The molecule has 1 nitrogen and oxygen atoms in total. The van der Waals surface area contributed by atoms with E-state index in [-0.39, 0.29) is 12.5 Å². The van der Waals surface area contributed by atoms with Gasteiger partial charge in [0.2, 0.25) is 0 Å². The number of ether oxygens (including phenoxy) is 1. The van der Waals surface area contributed by atoms with Crippen molar-refractivity contribution in [1.82, 2.24) is 0 Å². The molecule has 0 aliphatic carbocycles. The Morgan fingerprint density at radius 2 is 2.00 bits per heavy atom. The van der Waals surface area contributed by atoms with Crippen LogP contribution in [0.15, 0.2) is 30.3 Å². The van der Waals surface area contributed by atoms with Gasteiger partial charge in [-0.15, -0.1) is 0 Å². The third kappa shape index (κ3) is 3.82. The van der Waals surface area contributed by atoms with Gasteiger partial charge in [-0.2, -0.15) is 0 Å². The van der Waals surface area contributed by atoms with E-state index in [1.165, 1.54) is 0 Å². The Kier molecular flexibility index (Phi) is 4.42. The molecule has 0 heterocycles. The van der Waals surface area contributed by atoms with Gasteiger partial charge in [-0.3, -0.25) is 0 Å². The summed E-state index contributed by atoms with van der Waals surface area (Å²) in [7, 11) is 0. The lowest BCUT2D eigenvalue weighted by molar-refractivity contribution is 0.183. The highest BCUT2D eigenvalue weighted by molar-refractivity contribution is 5.21. The minimum absolute atomic E-state index is 0.0207. The summed E-state index contributed by atoms with van der Waals surface area (Å²) in [5, 5.41) is 0. The molecule has 1 aromatic rings. The Labute approximate surface area is 88.5 Å². The maximum absolute atomic E-state index is 7.95. The van der Waals surface area contributed by atoms with Crippen LogP contribution >= 0.6 is 0 Å². The van der Waals surface area contributed by atoms with Crippen molar-refractivity contribution in [2.24, 2.45) is 0 Å². The van der Waals surface area contributed by atoms with Crippen LogP contribution in [0.4, 0.5) is 0 Å². The summed E-state index contributed by atoms with van der Waals surface area (Å²) in [5.41, 5.74) is 0. The van der Waals surface area contributed by atoms with Crippen molar-refractivity contribution >= 4 is 0 Å². The van der Waals surface area contributed by atoms with Gasteiger partial charge < -0.3 is 4.74 Å². The number of benzene rings is 1. The van der Waals surface area contributed by atoms with E-state index in [0.29, 0.717) is 0 Å². The Morgan fingerprint density at radius 3 is 2.57 bits per heavy atom. The van der Waals surface area contributed by atoms with Gasteiger partial charge in [0.15, 0.2) is 0 Å². The Hall–Kier alpha value is -0.980. The average Bonchev–Trinajstić information content (AvgIpc) is 2.27. The largest absolute Gasteiger partial charge is 0.490 e. The van der Waals surface area contributed by atoms with Crippen molar-refractivity contribution < 1.29 is 6.11 Å². The molecule has 78 valence electrons. The predicted octanol–water partition coefficient (Wildman–Crippen LogP) is 4.03. The molecular weight excluding hydrogens is 172 g/mol. The van der Waals surface area contributed by atoms with Crippen LogP contribution in [0.3, 0.4) is 0 Å². The predicted molar refractivity (Wildman–Crippen MR) is 60.7 cm³/mol. The minimum Gasteiger partial charge on any atom is -0.490 e. The third-order valence-corrected chi connectivity index (χ3v) is 2.15. The number of hydrogen-bond acceptors (Lipinski definition) is 1. The Balaban J connectivity index is 2.53. The normalized spacial score (nSPS) is 15.7. The molecule has 0 bridgehead atoms. The molecule has 0 fully saturated rings. The maximum Gasteiger partial charge on any atom is 0.119 e. The molecule has 0 aliphatic rings. The van der Waals surface area contributed by atoms with Gasteiger partial charge in [-0.1, -0.05) is 44.9 Å². The van der Waals surface area contributed by atoms with Crippen LogP contribution in [0.25, 0.3) is 0 Å². The van der Waals surface area contributed by atoms with Crippen molar-refractivity contribution in [3.63, 3.8) is 0 Å². The van der Waals surface area contributed by atoms with Crippen LogP contribution in [-0.2, 0) is 0 Å². The van der Waals surface area contributed by atoms with E-state index in [9.17, 15) is 0 Å². The first kappa shape index (κ1) is 9.57. The number of hydrogen-bond donors (Lipinski definition) is 0. The fraction of sp³-hybridized carbons (Fsp3) is 0.538. The zero-order chi connectivity index (χ0) is 11.1. The van der Waals surface area contributed by atoms with Crippen LogP contribution in [0, 0.1) is 0 Å². The molecule has 0 aromatic heterocycles. The highest BCUT2D eigenvalue weighted by atomic mass is 16.5. The van der Waals surface area contributed by atoms with Crippen molar-refractivity contribution in [2.45, 2.75) is 45.6 Å². The van der Waals surface area contributed by atoms with Crippen molar-refractivity contribution in [3.05, 3.63) is 30.3 Å². The molecular formula is C13H20O. The van der Waals surface area contributed by atoms with E-state index in [1.54, 1.807) is 0 Å². The quantitative estimate of drug-likeness (QED) is 0.662. The van der Waals surface area contributed by atoms with Gasteiger partial charge in [0, 0.05) is 1.37 Å². The van der Waals surface area contributed by atoms with E-state index < -0.39 is 0 Å². The molecule has 0 radical (unpaired) electrons. The van der Waals surface area contributed by atoms with E-state index in [0.717, 1.165) is 25.0 Å². The molecule has 1 aromatic carbocycles. The summed E-state index contributed by atoms with van der Waals surface area (Å²) in [5.74, 6) is 0.873. The summed E-state index contributed by atoms with van der Waals surface area (Å²) in [6, 6.07) is 9.78. The summed E-state index contributed by atoms with van der Waals surface area (Å²) in [6.45, 7) is 4.18. The molecule has 0 saturated heterocycles. The molecule has 0 N–H and O–H groups in total. The van der Waals surface area contributed by atoms with Crippen LogP contribution in [0.5, 0.6) is 5.75 Å². The number of rotatable bonds is 6. The van der Waals surface area contributed by atoms with Crippen molar-refractivity contribution in [3.8, 4) is 5.75 Å². The first-order chi connectivity index (χ1) is 7.27. The van der Waals surface area contributed by atoms with Crippen LogP contribution in [-0.4, -0.2) is 6.10 Å². The summed E-state index contributed by atoms with van der Waals surface area (Å²) in [4.78, 5) is 0. The molecule has 0 amide bonds. The fourth-order valence-corrected chi connectivity index (χ4v) is 1.32. The average molecular weight is 193 g/mol. The number of para-hydroxylation sites is 1. The van der Waals surface area contributed by atoms with E-state index in [1.807, 2.05) is 30.3 Å². The topological polar surface area (TPSA) is 9.23 Å². The van der Waals surface area contributed by atoms with E-state index >= 15 is 0 Å². The monoisotopic (exact) mass is 193 g/mol. The van der Waals surface area contributed by atoms with E-state index in [2.05, 4.69) is 13.8 Å². The first-order valence-corrected chi connectivity index (χ1v) is 5.41. The van der Waals surface area contributed by atoms with Gasteiger partial charge in [-0.05, 0) is 25.0 Å². The third-order valence-electron chi connectivity index (χ3n) is 2.15. The SMILES string of the molecule is [2H][C@@H](CCC)[C@H](CC)Oc1ccccc1. The lowest BCUT2D eigenvalue weighted by Crippen LogP contribution is -2.14. The highest BCUT2D eigenvalue weighted by Gasteiger charge is 2.06. The molecule has 0 unspecified atom stereocenters. The summed E-state index contributed by atoms with van der Waals surface area (Å²) in [6.07, 6.45) is 2.75. The second kappa shape index (κ2) is 6.47. The molecule has 1 heteroatoms. The van der Waals surface area contributed by atoms with Crippen LogP contribution in [0.2, 0.25) is 0 Å². The zero-order valence-electron chi connectivity index (χ0n) is 10.1. The molecule has 14 heavy (non-hydrogen) atoms. The lowest BCUT2D eigenvalue weighted by atomic mass is 10.1. The second-order valence-electron chi connectivity index (χ2n) is 3.40. The van der Waals surface area contributed by atoms with Crippen molar-refractivity contribution in [1.29, 1.82) is 0 Å². The van der Waals surface area contributed by atoms with Gasteiger partial charge in [0.1, 0.15) is 5.75 Å². The molecule has 0 aliphatic heterocycles. The summed E-state index contributed by atoms with van der Waals surface area (Å²) >= 11 is 0. The lowest BCUT2D eigenvalue weighted by Gasteiger charge is -2.16. The Morgan fingerprint density at radius 1 is 1.29 bits per heavy atom. The standard InChI is InChI=1S/C13H20O/c1-3-5-9-12(4-2)14-13-10-7-6-8-11-13/h6-8,10-12H,3-5,9H2,1-2H3/t12-/m0/s1/i9D/t9-,12-. The summed E-state index contributed by atoms with van der Waals surface area (Å²) < 4.78 is 13.7. The maximum atomic E-state index is 7.95.